The minimum absolute atomic E-state index is 0.117. The standard InChI is InChI=1S/C19H40O4S/c1-3-5-6-12-15-18(20)16-13-10-8-7-9-11-14-17-19(4-2)24(21,22)23/h18-20H,3-17H2,1-2H3,(H,21,22,23). The van der Waals surface area contributed by atoms with Crippen LogP contribution in [-0.2, 0) is 10.1 Å². The SMILES string of the molecule is CCCCCCC(O)CCCCCCCCCC(CC)S(=O)(=O)O. The highest BCUT2D eigenvalue weighted by atomic mass is 32.2. The predicted octanol–water partition coefficient (Wildman–Crippen LogP) is 5.50. The summed E-state index contributed by atoms with van der Waals surface area (Å²) in [5.41, 5.74) is 0. The Bertz CT molecular complexity index is 368. The van der Waals surface area contributed by atoms with E-state index >= 15 is 0 Å². The van der Waals surface area contributed by atoms with Gasteiger partial charge in [-0.3, -0.25) is 4.55 Å². The highest BCUT2D eigenvalue weighted by Crippen LogP contribution is 2.16. The monoisotopic (exact) mass is 364 g/mol. The number of hydrogen-bond acceptors (Lipinski definition) is 3. The van der Waals surface area contributed by atoms with Crippen molar-refractivity contribution in [3.05, 3.63) is 0 Å². The molecule has 0 rings (SSSR count). The number of aliphatic hydroxyl groups is 1. The molecule has 0 amide bonds. The van der Waals surface area contributed by atoms with Gasteiger partial charge in [0.05, 0.1) is 11.4 Å². The van der Waals surface area contributed by atoms with E-state index in [0.717, 1.165) is 44.9 Å². The van der Waals surface area contributed by atoms with E-state index in [9.17, 15) is 13.5 Å². The van der Waals surface area contributed by atoms with E-state index < -0.39 is 15.4 Å². The van der Waals surface area contributed by atoms with E-state index in [1.54, 1.807) is 6.92 Å². The van der Waals surface area contributed by atoms with Gasteiger partial charge in [-0.1, -0.05) is 84.5 Å². The first-order valence-electron chi connectivity index (χ1n) is 10.1. The summed E-state index contributed by atoms with van der Waals surface area (Å²) in [6.45, 7) is 4.00. The number of unbranched alkanes of at least 4 members (excludes halogenated alkanes) is 9. The van der Waals surface area contributed by atoms with Gasteiger partial charge in [-0.25, -0.2) is 0 Å². The summed E-state index contributed by atoms with van der Waals surface area (Å²) in [4.78, 5) is 0. The van der Waals surface area contributed by atoms with E-state index in [1.165, 1.54) is 38.5 Å². The van der Waals surface area contributed by atoms with Crippen LogP contribution < -0.4 is 0 Å². The summed E-state index contributed by atoms with van der Waals surface area (Å²) in [7, 11) is -3.86. The highest BCUT2D eigenvalue weighted by Gasteiger charge is 2.19. The van der Waals surface area contributed by atoms with E-state index in [1.807, 2.05) is 0 Å². The Labute approximate surface area is 150 Å². The third-order valence-electron chi connectivity index (χ3n) is 4.83. The van der Waals surface area contributed by atoms with Crippen LogP contribution in [0.5, 0.6) is 0 Å². The van der Waals surface area contributed by atoms with Crippen molar-refractivity contribution in [2.45, 2.75) is 122 Å². The van der Waals surface area contributed by atoms with Crippen molar-refractivity contribution >= 4 is 10.1 Å². The van der Waals surface area contributed by atoms with Crippen LogP contribution >= 0.6 is 0 Å². The largest absolute Gasteiger partial charge is 0.393 e. The van der Waals surface area contributed by atoms with Crippen molar-refractivity contribution in [3.8, 4) is 0 Å². The third-order valence-corrected chi connectivity index (χ3v) is 6.24. The molecule has 0 fully saturated rings. The topological polar surface area (TPSA) is 74.6 Å². The number of aliphatic hydroxyl groups excluding tert-OH is 1. The Balaban J connectivity index is 3.39. The highest BCUT2D eigenvalue weighted by molar-refractivity contribution is 7.86. The molecule has 0 saturated carbocycles. The predicted molar refractivity (Wildman–Crippen MR) is 102 cm³/mol. The summed E-state index contributed by atoms with van der Waals surface area (Å²) >= 11 is 0. The van der Waals surface area contributed by atoms with Crippen molar-refractivity contribution in [1.82, 2.24) is 0 Å². The average Bonchev–Trinajstić information content (AvgIpc) is 2.52. The van der Waals surface area contributed by atoms with Gasteiger partial charge in [0.1, 0.15) is 0 Å². The average molecular weight is 365 g/mol. The van der Waals surface area contributed by atoms with Gasteiger partial charge in [-0.2, -0.15) is 8.42 Å². The van der Waals surface area contributed by atoms with Gasteiger partial charge in [0.2, 0.25) is 0 Å². The molecule has 0 aliphatic carbocycles. The van der Waals surface area contributed by atoms with Crippen LogP contribution in [0.15, 0.2) is 0 Å². The van der Waals surface area contributed by atoms with Crippen LogP contribution in [0.1, 0.15) is 110 Å². The first-order chi connectivity index (χ1) is 11.4. The molecule has 5 heteroatoms. The molecule has 0 radical (unpaired) electrons. The van der Waals surface area contributed by atoms with Crippen LogP contribution in [0.4, 0.5) is 0 Å². The third kappa shape index (κ3) is 14.2. The van der Waals surface area contributed by atoms with Crippen LogP contribution in [0.2, 0.25) is 0 Å². The summed E-state index contributed by atoms with van der Waals surface area (Å²) < 4.78 is 31.2. The quantitative estimate of drug-likeness (QED) is 0.264. The second kappa shape index (κ2) is 15.2. The molecule has 2 N–H and O–H groups in total. The van der Waals surface area contributed by atoms with Crippen LogP contribution in [0, 0.1) is 0 Å². The lowest BCUT2D eigenvalue weighted by molar-refractivity contribution is 0.147. The van der Waals surface area contributed by atoms with E-state index in [-0.39, 0.29) is 6.10 Å². The van der Waals surface area contributed by atoms with Gasteiger partial charge >= 0.3 is 0 Å². The fraction of sp³-hybridized carbons (Fsp3) is 1.00. The van der Waals surface area contributed by atoms with Crippen molar-refractivity contribution in [2.24, 2.45) is 0 Å². The second-order valence-electron chi connectivity index (χ2n) is 7.10. The van der Waals surface area contributed by atoms with Gasteiger partial charge in [0.15, 0.2) is 0 Å². The molecule has 0 aromatic heterocycles. The molecule has 0 heterocycles. The van der Waals surface area contributed by atoms with Crippen molar-refractivity contribution < 1.29 is 18.1 Å². The Morgan fingerprint density at radius 1 is 0.708 bits per heavy atom. The molecule has 0 aromatic carbocycles. The molecule has 0 saturated heterocycles. The molecule has 0 spiro atoms. The Morgan fingerprint density at radius 3 is 1.54 bits per heavy atom. The molecule has 146 valence electrons. The summed E-state index contributed by atoms with van der Waals surface area (Å²) in [6.07, 6.45) is 15.4. The van der Waals surface area contributed by atoms with Gasteiger partial charge in [0, 0.05) is 0 Å². The van der Waals surface area contributed by atoms with Crippen molar-refractivity contribution in [3.63, 3.8) is 0 Å². The van der Waals surface area contributed by atoms with Gasteiger partial charge in [0.25, 0.3) is 10.1 Å². The van der Waals surface area contributed by atoms with Crippen LogP contribution in [-0.4, -0.2) is 29.4 Å². The summed E-state index contributed by atoms with van der Waals surface area (Å²) in [5, 5.41) is 9.31. The van der Waals surface area contributed by atoms with Crippen molar-refractivity contribution in [1.29, 1.82) is 0 Å². The number of rotatable bonds is 17. The van der Waals surface area contributed by atoms with E-state index in [2.05, 4.69) is 6.92 Å². The zero-order valence-electron chi connectivity index (χ0n) is 15.9. The van der Waals surface area contributed by atoms with Gasteiger partial charge in [-0.15, -0.1) is 0 Å². The lowest BCUT2D eigenvalue weighted by Crippen LogP contribution is -2.19. The Morgan fingerprint density at radius 2 is 1.12 bits per heavy atom. The van der Waals surface area contributed by atoms with E-state index in [0.29, 0.717) is 12.8 Å². The second-order valence-corrected chi connectivity index (χ2v) is 8.80. The molecule has 0 aliphatic heterocycles. The molecule has 0 aromatic rings. The maximum atomic E-state index is 11.1. The van der Waals surface area contributed by atoms with Crippen molar-refractivity contribution in [2.75, 3.05) is 0 Å². The maximum absolute atomic E-state index is 11.1. The zero-order valence-corrected chi connectivity index (χ0v) is 16.7. The molecular formula is C19H40O4S. The molecular weight excluding hydrogens is 324 g/mol. The summed E-state index contributed by atoms with van der Waals surface area (Å²) in [5.74, 6) is 0. The minimum atomic E-state index is -3.86. The summed E-state index contributed by atoms with van der Waals surface area (Å²) in [6, 6.07) is 0. The lowest BCUT2D eigenvalue weighted by Gasteiger charge is -2.11. The fourth-order valence-electron chi connectivity index (χ4n) is 3.15. The lowest BCUT2D eigenvalue weighted by atomic mass is 10.0. The van der Waals surface area contributed by atoms with E-state index in [4.69, 9.17) is 4.55 Å². The Hall–Kier alpha value is -0.130. The van der Waals surface area contributed by atoms with Gasteiger partial charge < -0.3 is 5.11 Å². The normalized spacial score (nSPS) is 14.7. The molecule has 4 nitrogen and oxygen atoms in total. The first kappa shape index (κ1) is 23.9. The molecule has 0 aliphatic rings. The smallest absolute Gasteiger partial charge is 0.267 e. The molecule has 2 unspecified atom stereocenters. The first-order valence-corrected chi connectivity index (χ1v) is 11.6. The molecule has 0 bridgehead atoms. The maximum Gasteiger partial charge on any atom is 0.267 e. The number of hydrogen-bond donors (Lipinski definition) is 2. The molecule has 2 atom stereocenters. The molecule has 24 heavy (non-hydrogen) atoms. The Kier molecular flexibility index (Phi) is 15.1. The zero-order chi connectivity index (χ0) is 18.3. The fourth-order valence-corrected chi connectivity index (χ4v) is 4.04. The van der Waals surface area contributed by atoms with Crippen LogP contribution in [0.25, 0.3) is 0 Å². The van der Waals surface area contributed by atoms with Crippen LogP contribution in [0.3, 0.4) is 0 Å². The minimum Gasteiger partial charge on any atom is -0.393 e. The van der Waals surface area contributed by atoms with Gasteiger partial charge in [-0.05, 0) is 25.7 Å².